The minimum Gasteiger partial charge on any atom is -0.345 e. The standard InChI is InChI=1S/C24H26N4O/c1-5-6-7-9-16(2)15-28-20-12-11-17(14-19(20)23(29)27-24(28,3)4)21-18-10-8-13-25-22(18)26-21/h5,8-14H,1,6-7,15H2,2-4H3,(H,27,29)/b16-9+. The van der Waals surface area contributed by atoms with Crippen molar-refractivity contribution in [2.75, 3.05) is 11.4 Å². The molecule has 0 aliphatic carbocycles. The van der Waals surface area contributed by atoms with Crippen molar-refractivity contribution in [3.05, 3.63) is 77.5 Å². The van der Waals surface area contributed by atoms with Crippen LogP contribution in [0.3, 0.4) is 0 Å². The largest absolute Gasteiger partial charge is 0.345 e. The number of benzene rings is 1. The second-order valence-electron chi connectivity index (χ2n) is 8.08. The Morgan fingerprint density at radius 2 is 2.07 bits per heavy atom. The fourth-order valence-corrected chi connectivity index (χ4v) is 3.86. The molecule has 5 nitrogen and oxygen atoms in total. The quantitative estimate of drug-likeness (QED) is 0.491. The van der Waals surface area contributed by atoms with Gasteiger partial charge in [0, 0.05) is 23.9 Å². The van der Waals surface area contributed by atoms with Gasteiger partial charge in [-0.3, -0.25) is 4.79 Å². The van der Waals surface area contributed by atoms with Crippen LogP contribution in [-0.2, 0) is 0 Å². The summed E-state index contributed by atoms with van der Waals surface area (Å²) in [6.45, 7) is 10.7. The SMILES string of the molecule is C=CCC/C=C(\C)CN1c2ccc(C3=Nc4ncccc43)cc2C(=O)NC1(C)C. The first-order chi connectivity index (χ1) is 13.9. The Morgan fingerprint density at radius 1 is 1.24 bits per heavy atom. The molecule has 0 saturated heterocycles. The highest BCUT2D eigenvalue weighted by Gasteiger charge is 2.37. The topological polar surface area (TPSA) is 57.6 Å². The van der Waals surface area contributed by atoms with Gasteiger partial charge in [-0.05, 0) is 57.9 Å². The third kappa shape index (κ3) is 3.48. The van der Waals surface area contributed by atoms with Crippen molar-refractivity contribution in [3.8, 4) is 0 Å². The number of carbonyl (C=O) groups excluding carboxylic acids is 1. The Labute approximate surface area is 171 Å². The van der Waals surface area contributed by atoms with Crippen molar-refractivity contribution in [1.29, 1.82) is 0 Å². The van der Waals surface area contributed by atoms with Crippen LogP contribution in [-0.4, -0.2) is 28.8 Å². The lowest BCUT2D eigenvalue weighted by atomic mass is 9.93. The summed E-state index contributed by atoms with van der Waals surface area (Å²) < 4.78 is 0. The zero-order chi connectivity index (χ0) is 20.6. The molecule has 2 aliphatic heterocycles. The average Bonchev–Trinajstić information content (AvgIpc) is 2.66. The molecule has 0 radical (unpaired) electrons. The zero-order valence-electron chi connectivity index (χ0n) is 17.2. The molecule has 1 aromatic heterocycles. The zero-order valence-corrected chi connectivity index (χ0v) is 17.2. The number of allylic oxidation sites excluding steroid dienone is 2. The number of aliphatic imine (C=N–C) groups is 1. The number of pyridine rings is 1. The van der Waals surface area contributed by atoms with E-state index in [1.165, 1.54) is 5.57 Å². The number of hydrogen-bond acceptors (Lipinski definition) is 4. The van der Waals surface area contributed by atoms with E-state index < -0.39 is 5.66 Å². The van der Waals surface area contributed by atoms with Crippen LogP contribution in [0.2, 0.25) is 0 Å². The predicted octanol–water partition coefficient (Wildman–Crippen LogP) is 4.76. The molecule has 0 bridgehead atoms. The minimum absolute atomic E-state index is 0.0530. The van der Waals surface area contributed by atoms with E-state index in [0.29, 0.717) is 5.56 Å². The maximum absolute atomic E-state index is 12.9. The molecule has 0 saturated carbocycles. The number of anilines is 1. The molecule has 3 heterocycles. The van der Waals surface area contributed by atoms with Crippen LogP contribution >= 0.6 is 0 Å². The van der Waals surface area contributed by atoms with Gasteiger partial charge in [-0.15, -0.1) is 6.58 Å². The number of aromatic nitrogens is 1. The van der Waals surface area contributed by atoms with Crippen LogP contribution in [0.25, 0.3) is 0 Å². The summed E-state index contributed by atoms with van der Waals surface area (Å²) in [6.07, 6.45) is 7.87. The number of carbonyl (C=O) groups is 1. The van der Waals surface area contributed by atoms with Gasteiger partial charge < -0.3 is 10.2 Å². The fourth-order valence-electron chi connectivity index (χ4n) is 3.86. The van der Waals surface area contributed by atoms with Gasteiger partial charge in [-0.25, -0.2) is 9.98 Å². The molecule has 5 heteroatoms. The van der Waals surface area contributed by atoms with Crippen molar-refractivity contribution in [2.24, 2.45) is 4.99 Å². The number of amides is 1. The number of nitrogens with zero attached hydrogens (tertiary/aromatic N) is 3. The van der Waals surface area contributed by atoms with Crippen LogP contribution in [0.4, 0.5) is 11.5 Å². The summed E-state index contributed by atoms with van der Waals surface area (Å²) in [5.74, 6) is 0.704. The first kappa shape index (κ1) is 19.1. The maximum atomic E-state index is 12.9. The van der Waals surface area contributed by atoms with E-state index in [2.05, 4.69) is 39.8 Å². The van der Waals surface area contributed by atoms with Crippen molar-refractivity contribution < 1.29 is 4.79 Å². The summed E-state index contributed by atoms with van der Waals surface area (Å²) in [6, 6.07) is 9.95. The van der Waals surface area contributed by atoms with Crippen LogP contribution in [0, 0.1) is 0 Å². The van der Waals surface area contributed by atoms with Gasteiger partial charge in [-0.1, -0.05) is 23.8 Å². The van der Waals surface area contributed by atoms with Gasteiger partial charge in [-0.2, -0.15) is 0 Å². The van der Waals surface area contributed by atoms with Gasteiger partial charge in [0.2, 0.25) is 0 Å². The monoisotopic (exact) mass is 386 g/mol. The maximum Gasteiger partial charge on any atom is 0.255 e. The molecule has 1 N–H and O–H groups in total. The molecular formula is C24H26N4O. The lowest BCUT2D eigenvalue weighted by Gasteiger charge is -2.45. The normalized spacial score (nSPS) is 16.9. The molecule has 1 aromatic carbocycles. The van der Waals surface area contributed by atoms with Gasteiger partial charge in [0.1, 0.15) is 5.66 Å². The van der Waals surface area contributed by atoms with E-state index in [0.717, 1.165) is 47.7 Å². The van der Waals surface area contributed by atoms with Gasteiger partial charge >= 0.3 is 0 Å². The van der Waals surface area contributed by atoms with Crippen LogP contribution in [0.1, 0.15) is 55.1 Å². The molecule has 1 amide bonds. The van der Waals surface area contributed by atoms with Crippen molar-refractivity contribution in [3.63, 3.8) is 0 Å². The number of rotatable bonds is 6. The second-order valence-corrected chi connectivity index (χ2v) is 8.08. The van der Waals surface area contributed by atoms with Crippen molar-refractivity contribution in [1.82, 2.24) is 10.3 Å². The predicted molar refractivity (Wildman–Crippen MR) is 118 cm³/mol. The third-order valence-electron chi connectivity index (χ3n) is 5.43. The van der Waals surface area contributed by atoms with E-state index in [1.807, 2.05) is 50.3 Å². The Hall–Kier alpha value is -3.21. The molecule has 148 valence electrons. The highest BCUT2D eigenvalue weighted by Crippen LogP contribution is 2.36. The van der Waals surface area contributed by atoms with E-state index in [9.17, 15) is 4.79 Å². The first-order valence-electron chi connectivity index (χ1n) is 9.96. The lowest BCUT2D eigenvalue weighted by molar-refractivity contribution is 0.0899. The lowest BCUT2D eigenvalue weighted by Crippen LogP contribution is -2.61. The third-order valence-corrected chi connectivity index (χ3v) is 5.43. The fraction of sp³-hybridized carbons (Fsp3) is 0.292. The molecule has 0 atom stereocenters. The molecule has 0 unspecified atom stereocenters. The summed E-state index contributed by atoms with van der Waals surface area (Å²) in [7, 11) is 0. The van der Waals surface area contributed by atoms with Gasteiger partial charge in [0.15, 0.2) is 5.82 Å². The van der Waals surface area contributed by atoms with Crippen molar-refractivity contribution >= 4 is 23.1 Å². The summed E-state index contributed by atoms with van der Waals surface area (Å²) in [5, 5.41) is 3.15. The van der Waals surface area contributed by atoms with Crippen LogP contribution in [0.5, 0.6) is 0 Å². The molecule has 2 aliphatic rings. The summed E-state index contributed by atoms with van der Waals surface area (Å²) >= 11 is 0. The minimum atomic E-state index is -0.469. The summed E-state index contributed by atoms with van der Waals surface area (Å²) in [4.78, 5) is 23.9. The smallest absolute Gasteiger partial charge is 0.255 e. The Balaban J connectivity index is 1.66. The Kier molecular flexibility index (Phi) is 4.82. The molecule has 2 aromatic rings. The number of nitrogens with one attached hydrogen (secondary N) is 1. The molecule has 0 fully saturated rings. The number of fused-ring (bicyclic) bond motifs is 2. The van der Waals surface area contributed by atoms with Crippen LogP contribution in [0.15, 0.2) is 65.8 Å². The van der Waals surface area contributed by atoms with Gasteiger partial charge in [0.25, 0.3) is 5.91 Å². The number of unbranched alkanes of at least 4 members (excludes halogenated alkanes) is 1. The molecule has 29 heavy (non-hydrogen) atoms. The Bertz CT molecular complexity index is 1050. The summed E-state index contributed by atoms with van der Waals surface area (Å²) in [5.41, 5.74) is 5.30. The van der Waals surface area contributed by atoms with E-state index in [1.54, 1.807) is 6.20 Å². The molecule has 0 spiro atoms. The first-order valence-corrected chi connectivity index (χ1v) is 9.96. The van der Waals surface area contributed by atoms with Crippen molar-refractivity contribution in [2.45, 2.75) is 39.3 Å². The number of hydrogen-bond donors (Lipinski definition) is 1. The van der Waals surface area contributed by atoms with E-state index in [4.69, 9.17) is 0 Å². The highest BCUT2D eigenvalue weighted by molar-refractivity contribution is 6.22. The molecular weight excluding hydrogens is 360 g/mol. The second kappa shape index (κ2) is 7.32. The van der Waals surface area contributed by atoms with E-state index in [-0.39, 0.29) is 5.91 Å². The molecule has 4 rings (SSSR count). The highest BCUT2D eigenvalue weighted by atomic mass is 16.2. The average molecular weight is 386 g/mol. The van der Waals surface area contributed by atoms with Crippen LogP contribution < -0.4 is 10.2 Å². The Morgan fingerprint density at radius 3 is 2.83 bits per heavy atom. The van der Waals surface area contributed by atoms with E-state index >= 15 is 0 Å². The van der Waals surface area contributed by atoms with Gasteiger partial charge in [0.05, 0.1) is 17.0 Å².